The lowest BCUT2D eigenvalue weighted by Gasteiger charge is -2.16. The van der Waals surface area contributed by atoms with Crippen molar-refractivity contribution in [1.29, 1.82) is 0 Å². The molecular formula is C25H29N3O4. The van der Waals surface area contributed by atoms with E-state index in [0.717, 1.165) is 35.5 Å². The number of aromatic nitrogens is 2. The molecule has 1 unspecified atom stereocenters. The van der Waals surface area contributed by atoms with Gasteiger partial charge in [-0.2, -0.15) is 4.98 Å². The largest absolute Gasteiger partial charge is 0.494 e. The fourth-order valence-electron chi connectivity index (χ4n) is 3.66. The third kappa shape index (κ3) is 5.28. The molecule has 32 heavy (non-hydrogen) atoms. The standard InChI is InChI=1S/C25H29N3O4/c1-3-13-30-21-9-5-18(6-10-21)16-28-17-20(15-23(28)29)25-26-24(27-32-25)19-7-11-22(12-8-19)31-14-4-2/h5-12,20H,3-4,13-17H2,1-2H3. The van der Waals surface area contributed by atoms with Gasteiger partial charge in [0.25, 0.3) is 0 Å². The Morgan fingerprint density at radius 2 is 1.59 bits per heavy atom. The van der Waals surface area contributed by atoms with Crippen molar-refractivity contribution in [2.24, 2.45) is 0 Å². The molecule has 1 saturated heterocycles. The van der Waals surface area contributed by atoms with Crippen LogP contribution in [0.2, 0.25) is 0 Å². The predicted molar refractivity (Wildman–Crippen MR) is 121 cm³/mol. The number of hydrogen-bond acceptors (Lipinski definition) is 6. The van der Waals surface area contributed by atoms with Crippen LogP contribution in [0.1, 0.15) is 50.5 Å². The Balaban J connectivity index is 1.36. The minimum absolute atomic E-state index is 0.0944. The number of nitrogens with zero attached hydrogens (tertiary/aromatic N) is 3. The summed E-state index contributed by atoms with van der Waals surface area (Å²) < 4.78 is 16.7. The summed E-state index contributed by atoms with van der Waals surface area (Å²) in [6.45, 7) is 6.67. The van der Waals surface area contributed by atoms with Crippen LogP contribution in [0.5, 0.6) is 11.5 Å². The first-order valence-corrected chi connectivity index (χ1v) is 11.2. The molecule has 1 aliphatic rings. The molecule has 3 aromatic rings. The molecule has 168 valence electrons. The summed E-state index contributed by atoms with van der Waals surface area (Å²) in [7, 11) is 0. The van der Waals surface area contributed by atoms with Gasteiger partial charge in [0.2, 0.25) is 17.6 Å². The maximum absolute atomic E-state index is 12.6. The lowest BCUT2D eigenvalue weighted by Crippen LogP contribution is -2.24. The molecule has 0 saturated carbocycles. The van der Waals surface area contributed by atoms with E-state index in [4.69, 9.17) is 14.0 Å². The van der Waals surface area contributed by atoms with Crippen LogP contribution in [0.25, 0.3) is 11.4 Å². The minimum atomic E-state index is -0.0944. The smallest absolute Gasteiger partial charge is 0.232 e. The number of carbonyl (C=O) groups excluding carboxylic acids is 1. The molecule has 1 atom stereocenters. The van der Waals surface area contributed by atoms with Crippen molar-refractivity contribution in [1.82, 2.24) is 15.0 Å². The van der Waals surface area contributed by atoms with Crippen LogP contribution in [0.3, 0.4) is 0 Å². The zero-order valence-corrected chi connectivity index (χ0v) is 18.6. The number of hydrogen-bond donors (Lipinski definition) is 0. The van der Waals surface area contributed by atoms with Gasteiger partial charge in [0, 0.05) is 25.1 Å². The lowest BCUT2D eigenvalue weighted by atomic mass is 10.1. The number of likely N-dealkylation sites (tertiary alicyclic amines) is 1. The van der Waals surface area contributed by atoms with Crippen LogP contribution in [0.15, 0.2) is 53.1 Å². The second kappa shape index (κ2) is 10.3. The van der Waals surface area contributed by atoms with E-state index >= 15 is 0 Å². The Morgan fingerprint density at radius 1 is 0.969 bits per heavy atom. The number of benzene rings is 2. The second-order valence-electron chi connectivity index (χ2n) is 8.00. The number of ether oxygens (including phenoxy) is 2. The molecule has 2 heterocycles. The van der Waals surface area contributed by atoms with Crippen LogP contribution < -0.4 is 9.47 Å². The van der Waals surface area contributed by atoms with Crippen molar-refractivity contribution in [3.63, 3.8) is 0 Å². The number of amides is 1. The van der Waals surface area contributed by atoms with Crippen molar-refractivity contribution in [3.05, 3.63) is 60.0 Å². The fourth-order valence-corrected chi connectivity index (χ4v) is 3.66. The van der Waals surface area contributed by atoms with Crippen LogP contribution in [0.4, 0.5) is 0 Å². The normalized spacial score (nSPS) is 15.9. The van der Waals surface area contributed by atoms with E-state index in [1.165, 1.54) is 0 Å². The maximum atomic E-state index is 12.6. The van der Waals surface area contributed by atoms with Crippen molar-refractivity contribution in [3.8, 4) is 22.9 Å². The fraction of sp³-hybridized carbons (Fsp3) is 0.400. The van der Waals surface area contributed by atoms with Crippen molar-refractivity contribution in [2.45, 2.75) is 45.6 Å². The van der Waals surface area contributed by atoms with Gasteiger partial charge >= 0.3 is 0 Å². The molecule has 7 heteroatoms. The first-order chi connectivity index (χ1) is 15.7. The molecule has 2 aromatic carbocycles. The monoisotopic (exact) mass is 435 g/mol. The summed E-state index contributed by atoms with van der Waals surface area (Å²) in [6.07, 6.45) is 2.32. The van der Waals surface area contributed by atoms with E-state index in [-0.39, 0.29) is 11.8 Å². The summed E-state index contributed by atoms with van der Waals surface area (Å²) in [4.78, 5) is 19.0. The summed E-state index contributed by atoms with van der Waals surface area (Å²) >= 11 is 0. The molecule has 4 rings (SSSR count). The Bertz CT molecular complexity index is 1010. The van der Waals surface area contributed by atoms with Crippen LogP contribution in [0, 0.1) is 0 Å². The van der Waals surface area contributed by atoms with Crippen LogP contribution >= 0.6 is 0 Å². The highest BCUT2D eigenvalue weighted by Crippen LogP contribution is 2.30. The highest BCUT2D eigenvalue weighted by molar-refractivity contribution is 5.79. The molecule has 1 fully saturated rings. The van der Waals surface area contributed by atoms with Gasteiger partial charge in [-0.15, -0.1) is 0 Å². The molecule has 0 N–H and O–H groups in total. The summed E-state index contributed by atoms with van der Waals surface area (Å²) in [6, 6.07) is 15.5. The Labute approximate surface area is 188 Å². The van der Waals surface area contributed by atoms with Crippen molar-refractivity contribution < 1.29 is 18.8 Å². The SMILES string of the molecule is CCCOc1ccc(CN2CC(c3nc(-c4ccc(OCCC)cc4)no3)CC2=O)cc1. The van der Waals surface area contributed by atoms with E-state index in [2.05, 4.69) is 24.0 Å². The summed E-state index contributed by atoms with van der Waals surface area (Å²) in [5.41, 5.74) is 1.93. The molecule has 1 amide bonds. The zero-order chi connectivity index (χ0) is 22.3. The third-order valence-electron chi connectivity index (χ3n) is 5.36. The van der Waals surface area contributed by atoms with Crippen molar-refractivity contribution in [2.75, 3.05) is 19.8 Å². The van der Waals surface area contributed by atoms with Gasteiger partial charge in [0.15, 0.2) is 0 Å². The molecular weight excluding hydrogens is 406 g/mol. The van der Waals surface area contributed by atoms with E-state index in [1.807, 2.05) is 53.4 Å². The Kier molecular flexibility index (Phi) is 7.04. The maximum Gasteiger partial charge on any atom is 0.232 e. The van der Waals surface area contributed by atoms with E-state index in [1.54, 1.807) is 0 Å². The molecule has 1 aromatic heterocycles. The predicted octanol–water partition coefficient (Wildman–Crippen LogP) is 4.83. The highest BCUT2D eigenvalue weighted by Gasteiger charge is 2.34. The molecule has 0 bridgehead atoms. The third-order valence-corrected chi connectivity index (χ3v) is 5.36. The highest BCUT2D eigenvalue weighted by atomic mass is 16.5. The molecule has 0 spiro atoms. The first-order valence-electron chi connectivity index (χ1n) is 11.2. The first kappa shape index (κ1) is 21.9. The summed E-state index contributed by atoms with van der Waals surface area (Å²) in [5.74, 6) is 2.70. The van der Waals surface area contributed by atoms with E-state index in [0.29, 0.717) is 44.4 Å². The van der Waals surface area contributed by atoms with Crippen LogP contribution in [-0.2, 0) is 11.3 Å². The Hall–Kier alpha value is -3.35. The summed E-state index contributed by atoms with van der Waals surface area (Å²) in [5, 5.41) is 4.12. The van der Waals surface area contributed by atoms with Gasteiger partial charge in [-0.25, -0.2) is 0 Å². The topological polar surface area (TPSA) is 77.7 Å². The molecule has 7 nitrogen and oxygen atoms in total. The van der Waals surface area contributed by atoms with E-state index < -0.39 is 0 Å². The van der Waals surface area contributed by atoms with Gasteiger partial charge in [0.1, 0.15) is 11.5 Å². The number of rotatable bonds is 10. The van der Waals surface area contributed by atoms with Gasteiger partial charge in [-0.3, -0.25) is 4.79 Å². The second-order valence-corrected chi connectivity index (χ2v) is 8.00. The van der Waals surface area contributed by atoms with E-state index in [9.17, 15) is 4.79 Å². The minimum Gasteiger partial charge on any atom is -0.494 e. The molecule has 0 aliphatic carbocycles. The van der Waals surface area contributed by atoms with Crippen molar-refractivity contribution >= 4 is 5.91 Å². The quantitative estimate of drug-likeness (QED) is 0.454. The van der Waals surface area contributed by atoms with Gasteiger partial charge in [0.05, 0.1) is 19.1 Å². The lowest BCUT2D eigenvalue weighted by molar-refractivity contribution is -0.128. The molecule has 1 aliphatic heterocycles. The Morgan fingerprint density at radius 3 is 2.22 bits per heavy atom. The van der Waals surface area contributed by atoms with Gasteiger partial charge in [-0.1, -0.05) is 31.1 Å². The number of carbonyl (C=O) groups is 1. The average molecular weight is 436 g/mol. The van der Waals surface area contributed by atoms with Gasteiger partial charge < -0.3 is 18.9 Å². The zero-order valence-electron chi connectivity index (χ0n) is 18.6. The average Bonchev–Trinajstić information content (AvgIpc) is 3.45. The van der Waals surface area contributed by atoms with Gasteiger partial charge in [-0.05, 0) is 54.8 Å². The molecule has 0 radical (unpaired) electrons. The van der Waals surface area contributed by atoms with Crippen LogP contribution in [-0.4, -0.2) is 40.7 Å².